The number of ether oxygens (including phenoxy) is 1. The third-order valence-electron chi connectivity index (χ3n) is 4.88. The monoisotopic (exact) mass is 405 g/mol. The SMILES string of the molecule is O=C(Nc1cccc(-c2cn3ccccc3n2)c1)c1ccccc1Oc1ccccc1. The van der Waals surface area contributed by atoms with Gasteiger partial charge < -0.3 is 14.5 Å². The lowest BCUT2D eigenvalue weighted by atomic mass is 10.1. The lowest BCUT2D eigenvalue weighted by molar-refractivity contribution is 0.102. The van der Waals surface area contributed by atoms with Crippen molar-refractivity contribution in [1.29, 1.82) is 0 Å². The standard InChI is InChI=1S/C26H19N3O2/c30-26(22-13-4-5-14-24(22)31-21-11-2-1-3-12-21)27-20-10-8-9-19(17-20)23-18-29-16-7-6-15-25(29)28-23/h1-18H,(H,27,30). The van der Waals surface area contributed by atoms with Crippen molar-refractivity contribution < 1.29 is 9.53 Å². The molecule has 0 spiro atoms. The highest BCUT2D eigenvalue weighted by atomic mass is 16.5. The van der Waals surface area contributed by atoms with Gasteiger partial charge >= 0.3 is 0 Å². The Kier molecular flexibility index (Phi) is 4.91. The van der Waals surface area contributed by atoms with E-state index in [-0.39, 0.29) is 5.91 Å². The van der Waals surface area contributed by atoms with Crippen molar-refractivity contribution in [2.24, 2.45) is 0 Å². The van der Waals surface area contributed by atoms with E-state index in [9.17, 15) is 4.79 Å². The van der Waals surface area contributed by atoms with Crippen molar-refractivity contribution in [3.05, 3.63) is 115 Å². The van der Waals surface area contributed by atoms with Crippen LogP contribution in [0.5, 0.6) is 11.5 Å². The number of hydrogen-bond acceptors (Lipinski definition) is 3. The Bertz CT molecular complexity index is 1330. The van der Waals surface area contributed by atoms with Crippen molar-refractivity contribution in [3.63, 3.8) is 0 Å². The number of amides is 1. The topological polar surface area (TPSA) is 55.6 Å². The summed E-state index contributed by atoms with van der Waals surface area (Å²) in [5.74, 6) is 0.943. The maximum Gasteiger partial charge on any atom is 0.259 e. The number of nitrogens with one attached hydrogen (secondary N) is 1. The van der Waals surface area contributed by atoms with Gasteiger partial charge in [-0.25, -0.2) is 4.98 Å². The van der Waals surface area contributed by atoms with Gasteiger partial charge in [-0.15, -0.1) is 0 Å². The van der Waals surface area contributed by atoms with E-state index in [1.807, 2.05) is 102 Å². The van der Waals surface area contributed by atoms with E-state index in [1.54, 1.807) is 12.1 Å². The van der Waals surface area contributed by atoms with Crippen LogP contribution in [0.1, 0.15) is 10.4 Å². The zero-order valence-electron chi connectivity index (χ0n) is 16.6. The van der Waals surface area contributed by atoms with Crippen LogP contribution in [-0.4, -0.2) is 15.3 Å². The van der Waals surface area contributed by atoms with Gasteiger partial charge in [-0.2, -0.15) is 0 Å². The molecular weight excluding hydrogens is 386 g/mol. The zero-order valence-corrected chi connectivity index (χ0v) is 16.6. The van der Waals surface area contributed by atoms with Crippen LogP contribution in [0.25, 0.3) is 16.9 Å². The van der Waals surface area contributed by atoms with Crippen LogP contribution in [-0.2, 0) is 0 Å². The summed E-state index contributed by atoms with van der Waals surface area (Å²) in [4.78, 5) is 17.7. The number of imidazole rings is 1. The summed E-state index contributed by atoms with van der Waals surface area (Å²) in [6.07, 6.45) is 3.93. The van der Waals surface area contributed by atoms with Gasteiger partial charge in [0, 0.05) is 23.6 Å². The molecule has 2 aromatic heterocycles. The Morgan fingerprint density at radius 2 is 1.65 bits per heavy atom. The molecule has 5 aromatic rings. The maximum absolute atomic E-state index is 13.0. The molecule has 0 aliphatic carbocycles. The van der Waals surface area contributed by atoms with Crippen LogP contribution in [0.15, 0.2) is 109 Å². The quantitative estimate of drug-likeness (QED) is 0.387. The highest BCUT2D eigenvalue weighted by molar-refractivity contribution is 6.06. The van der Waals surface area contributed by atoms with Crippen LogP contribution in [0.3, 0.4) is 0 Å². The second-order valence-corrected chi connectivity index (χ2v) is 7.04. The molecule has 1 N–H and O–H groups in total. The van der Waals surface area contributed by atoms with Crippen LogP contribution in [0.4, 0.5) is 5.69 Å². The average Bonchev–Trinajstić information content (AvgIpc) is 3.25. The second kappa shape index (κ2) is 8.16. The second-order valence-electron chi connectivity index (χ2n) is 7.04. The van der Waals surface area contributed by atoms with Crippen molar-refractivity contribution in [2.45, 2.75) is 0 Å². The van der Waals surface area contributed by atoms with Gasteiger partial charge in [-0.3, -0.25) is 4.79 Å². The first-order chi connectivity index (χ1) is 15.3. The Labute approximate surface area is 179 Å². The number of rotatable bonds is 5. The minimum Gasteiger partial charge on any atom is -0.457 e. The van der Waals surface area contributed by atoms with E-state index in [2.05, 4.69) is 10.3 Å². The molecule has 5 heteroatoms. The molecule has 1 amide bonds. The summed E-state index contributed by atoms with van der Waals surface area (Å²) >= 11 is 0. The summed E-state index contributed by atoms with van der Waals surface area (Å²) in [6.45, 7) is 0. The molecule has 0 radical (unpaired) electrons. The number of carbonyl (C=O) groups is 1. The van der Waals surface area contributed by atoms with Gasteiger partial charge in [0.05, 0.1) is 11.3 Å². The molecule has 2 heterocycles. The third kappa shape index (κ3) is 4.02. The predicted octanol–water partition coefficient (Wildman–Crippen LogP) is 6.05. The van der Waals surface area contributed by atoms with Crippen molar-refractivity contribution in [1.82, 2.24) is 9.38 Å². The minimum absolute atomic E-state index is 0.237. The fourth-order valence-corrected chi connectivity index (χ4v) is 3.39. The number of carbonyl (C=O) groups excluding carboxylic acids is 1. The van der Waals surface area contributed by atoms with Crippen molar-refractivity contribution in [3.8, 4) is 22.8 Å². The molecular formula is C26H19N3O2. The van der Waals surface area contributed by atoms with E-state index in [0.717, 1.165) is 16.9 Å². The molecule has 0 unspecified atom stereocenters. The van der Waals surface area contributed by atoms with Gasteiger partial charge in [-0.1, -0.05) is 48.5 Å². The van der Waals surface area contributed by atoms with E-state index in [4.69, 9.17) is 4.74 Å². The zero-order chi connectivity index (χ0) is 21.0. The fourth-order valence-electron chi connectivity index (χ4n) is 3.39. The molecule has 0 saturated carbocycles. The molecule has 0 atom stereocenters. The minimum atomic E-state index is -0.237. The Morgan fingerprint density at radius 1 is 0.839 bits per heavy atom. The van der Waals surface area contributed by atoms with E-state index >= 15 is 0 Å². The first-order valence-corrected chi connectivity index (χ1v) is 9.94. The lowest BCUT2D eigenvalue weighted by Crippen LogP contribution is -2.13. The van der Waals surface area contributed by atoms with Crippen LogP contribution in [0, 0.1) is 0 Å². The first kappa shape index (κ1) is 18.6. The molecule has 31 heavy (non-hydrogen) atoms. The smallest absolute Gasteiger partial charge is 0.259 e. The lowest BCUT2D eigenvalue weighted by Gasteiger charge is -2.12. The number of aromatic nitrogens is 2. The number of fused-ring (bicyclic) bond motifs is 1. The average molecular weight is 405 g/mol. The molecule has 0 fully saturated rings. The number of benzene rings is 3. The number of hydrogen-bond donors (Lipinski definition) is 1. The van der Waals surface area contributed by atoms with E-state index in [0.29, 0.717) is 22.7 Å². The highest BCUT2D eigenvalue weighted by Gasteiger charge is 2.14. The third-order valence-corrected chi connectivity index (χ3v) is 4.88. The fraction of sp³-hybridized carbons (Fsp3) is 0. The Balaban J connectivity index is 1.39. The van der Waals surface area contributed by atoms with Crippen molar-refractivity contribution in [2.75, 3.05) is 5.32 Å². The number of anilines is 1. The Hall–Kier alpha value is -4.38. The molecule has 0 aliphatic heterocycles. The number of pyridine rings is 1. The van der Waals surface area contributed by atoms with Gasteiger partial charge in [0.15, 0.2) is 0 Å². The van der Waals surface area contributed by atoms with Crippen LogP contribution >= 0.6 is 0 Å². The van der Waals surface area contributed by atoms with Gasteiger partial charge in [0.1, 0.15) is 17.1 Å². The van der Waals surface area contributed by atoms with E-state index in [1.165, 1.54) is 0 Å². The molecule has 150 valence electrons. The molecule has 3 aromatic carbocycles. The van der Waals surface area contributed by atoms with Crippen LogP contribution < -0.4 is 10.1 Å². The Morgan fingerprint density at radius 3 is 2.52 bits per heavy atom. The number of para-hydroxylation sites is 2. The molecule has 0 bridgehead atoms. The molecule has 5 rings (SSSR count). The summed E-state index contributed by atoms with van der Waals surface area (Å²) in [5.41, 5.74) is 3.79. The van der Waals surface area contributed by atoms with Gasteiger partial charge in [0.2, 0.25) is 0 Å². The van der Waals surface area contributed by atoms with Gasteiger partial charge in [-0.05, 0) is 48.5 Å². The summed E-state index contributed by atoms with van der Waals surface area (Å²) in [7, 11) is 0. The predicted molar refractivity (Wildman–Crippen MR) is 122 cm³/mol. The van der Waals surface area contributed by atoms with Crippen LogP contribution in [0.2, 0.25) is 0 Å². The first-order valence-electron chi connectivity index (χ1n) is 9.94. The number of nitrogens with zero attached hydrogens (tertiary/aromatic N) is 2. The van der Waals surface area contributed by atoms with Gasteiger partial charge in [0.25, 0.3) is 5.91 Å². The largest absolute Gasteiger partial charge is 0.457 e. The summed E-state index contributed by atoms with van der Waals surface area (Å²) in [5, 5.41) is 2.97. The molecule has 0 saturated heterocycles. The summed E-state index contributed by atoms with van der Waals surface area (Å²) in [6, 6.07) is 30.1. The maximum atomic E-state index is 13.0. The summed E-state index contributed by atoms with van der Waals surface area (Å²) < 4.78 is 7.89. The molecule has 0 aliphatic rings. The van der Waals surface area contributed by atoms with E-state index < -0.39 is 0 Å². The molecule has 5 nitrogen and oxygen atoms in total. The normalized spacial score (nSPS) is 10.7. The highest BCUT2D eigenvalue weighted by Crippen LogP contribution is 2.27. The van der Waals surface area contributed by atoms with Crippen molar-refractivity contribution >= 4 is 17.2 Å².